The van der Waals surface area contributed by atoms with E-state index in [-0.39, 0.29) is 41.7 Å². The Balaban J connectivity index is 1.49. The number of nitrogens with zero attached hydrogens (tertiary/aromatic N) is 2. The van der Waals surface area contributed by atoms with Gasteiger partial charge in [-0.15, -0.1) is 0 Å². The van der Waals surface area contributed by atoms with E-state index >= 15 is 0 Å². The number of amides is 2. The average Bonchev–Trinajstić information content (AvgIpc) is 3.33. The standard InChI is InChI=1S/C23H22BrFN6O2/c24-17-8-13(4-5-18(17)25)10-29-22(32)15-3-1-2-14(9-15)19-12-28-21(26)20(31-19)23(33)30-16-6-7-27-11-16/h1-5,8-9,12,16,27H,6-7,10-11H2,(H2,26,28)(H,29,32)(H,30,33). The van der Waals surface area contributed by atoms with Crippen LogP contribution in [-0.2, 0) is 6.54 Å². The molecular formula is C23H22BrFN6O2. The van der Waals surface area contributed by atoms with Gasteiger partial charge >= 0.3 is 0 Å². The Morgan fingerprint density at radius 2 is 2.06 bits per heavy atom. The molecule has 1 aliphatic heterocycles. The van der Waals surface area contributed by atoms with Crippen LogP contribution in [0.3, 0.4) is 0 Å². The molecule has 0 aliphatic carbocycles. The molecule has 4 rings (SSSR count). The number of anilines is 1. The van der Waals surface area contributed by atoms with Crippen molar-refractivity contribution in [3.05, 3.63) is 75.8 Å². The van der Waals surface area contributed by atoms with Crippen molar-refractivity contribution in [2.24, 2.45) is 0 Å². The molecule has 0 radical (unpaired) electrons. The van der Waals surface area contributed by atoms with E-state index in [0.29, 0.717) is 27.8 Å². The van der Waals surface area contributed by atoms with Gasteiger partial charge in [-0.25, -0.2) is 14.4 Å². The third-order valence-corrected chi connectivity index (χ3v) is 5.88. The van der Waals surface area contributed by atoms with Crippen molar-refractivity contribution in [1.82, 2.24) is 25.9 Å². The fraction of sp³-hybridized carbons (Fsp3) is 0.217. The van der Waals surface area contributed by atoms with E-state index in [4.69, 9.17) is 5.73 Å². The fourth-order valence-corrected chi connectivity index (χ4v) is 3.92. The molecule has 8 nitrogen and oxygen atoms in total. The molecule has 0 spiro atoms. The van der Waals surface area contributed by atoms with Gasteiger partial charge in [0.05, 0.1) is 16.4 Å². The van der Waals surface area contributed by atoms with Gasteiger partial charge in [0.25, 0.3) is 11.8 Å². The second kappa shape index (κ2) is 10.1. The Morgan fingerprint density at radius 3 is 2.82 bits per heavy atom. The van der Waals surface area contributed by atoms with Gasteiger partial charge in [0, 0.05) is 30.3 Å². The van der Waals surface area contributed by atoms with Crippen molar-refractivity contribution >= 4 is 33.6 Å². The van der Waals surface area contributed by atoms with E-state index < -0.39 is 0 Å². The molecule has 1 aromatic heterocycles. The van der Waals surface area contributed by atoms with Crippen molar-refractivity contribution in [3.8, 4) is 11.3 Å². The van der Waals surface area contributed by atoms with E-state index in [0.717, 1.165) is 18.5 Å². The summed E-state index contributed by atoms with van der Waals surface area (Å²) in [5, 5.41) is 8.91. The van der Waals surface area contributed by atoms with Crippen molar-refractivity contribution in [2.45, 2.75) is 19.0 Å². The number of aromatic nitrogens is 2. The molecule has 1 atom stereocenters. The Bertz CT molecular complexity index is 1200. The third-order valence-electron chi connectivity index (χ3n) is 5.27. The van der Waals surface area contributed by atoms with Crippen molar-refractivity contribution in [1.29, 1.82) is 0 Å². The minimum Gasteiger partial charge on any atom is -0.382 e. The maximum absolute atomic E-state index is 13.4. The number of carbonyl (C=O) groups excluding carboxylic acids is 2. The van der Waals surface area contributed by atoms with Crippen molar-refractivity contribution < 1.29 is 14.0 Å². The topological polar surface area (TPSA) is 122 Å². The van der Waals surface area contributed by atoms with Gasteiger partial charge in [-0.2, -0.15) is 0 Å². The van der Waals surface area contributed by atoms with Gasteiger partial charge in [-0.3, -0.25) is 9.59 Å². The number of nitrogens with two attached hydrogens (primary N) is 1. The Kier molecular flexibility index (Phi) is 6.95. The molecular weight excluding hydrogens is 491 g/mol. The highest BCUT2D eigenvalue weighted by molar-refractivity contribution is 9.10. The molecule has 10 heteroatoms. The quantitative estimate of drug-likeness (QED) is 0.402. The predicted octanol–water partition coefficient (Wildman–Crippen LogP) is 2.65. The number of nitrogen functional groups attached to an aromatic ring is 1. The zero-order valence-corrected chi connectivity index (χ0v) is 19.2. The van der Waals surface area contributed by atoms with Crippen LogP contribution in [0.25, 0.3) is 11.3 Å². The lowest BCUT2D eigenvalue weighted by molar-refractivity contribution is 0.0932. The summed E-state index contributed by atoms with van der Waals surface area (Å²) in [5.74, 6) is -1.00. The first-order chi connectivity index (χ1) is 15.9. The molecule has 2 heterocycles. The number of nitrogens with one attached hydrogen (secondary N) is 3. The van der Waals surface area contributed by atoms with Gasteiger partial charge < -0.3 is 21.7 Å². The predicted molar refractivity (Wildman–Crippen MR) is 126 cm³/mol. The van der Waals surface area contributed by atoms with Gasteiger partial charge in [-0.1, -0.05) is 18.2 Å². The first-order valence-corrected chi connectivity index (χ1v) is 11.2. The average molecular weight is 513 g/mol. The number of hydrogen-bond donors (Lipinski definition) is 4. The summed E-state index contributed by atoms with van der Waals surface area (Å²) < 4.78 is 13.7. The van der Waals surface area contributed by atoms with Crippen molar-refractivity contribution in [2.75, 3.05) is 18.8 Å². The Morgan fingerprint density at radius 1 is 1.21 bits per heavy atom. The second-order valence-corrected chi connectivity index (χ2v) is 8.52. The number of halogens is 2. The summed E-state index contributed by atoms with van der Waals surface area (Å²) in [5.41, 5.74) is 8.16. The molecule has 1 fully saturated rings. The molecule has 0 saturated carbocycles. The summed E-state index contributed by atoms with van der Waals surface area (Å²) in [7, 11) is 0. The highest BCUT2D eigenvalue weighted by atomic mass is 79.9. The highest BCUT2D eigenvalue weighted by Crippen LogP contribution is 2.21. The van der Waals surface area contributed by atoms with Crippen LogP contribution in [0.5, 0.6) is 0 Å². The van der Waals surface area contributed by atoms with Crippen LogP contribution in [0.2, 0.25) is 0 Å². The minimum atomic E-state index is -0.380. The van der Waals surface area contributed by atoms with Crippen LogP contribution in [-0.4, -0.2) is 40.9 Å². The van der Waals surface area contributed by atoms with E-state index in [1.807, 2.05) is 0 Å². The van der Waals surface area contributed by atoms with Crippen LogP contribution >= 0.6 is 15.9 Å². The maximum atomic E-state index is 13.4. The number of benzene rings is 2. The molecule has 2 aromatic carbocycles. The molecule has 1 unspecified atom stereocenters. The van der Waals surface area contributed by atoms with E-state index in [1.165, 1.54) is 12.3 Å². The molecule has 0 bridgehead atoms. The van der Waals surface area contributed by atoms with Crippen LogP contribution in [0.1, 0.15) is 32.8 Å². The van der Waals surface area contributed by atoms with Crippen LogP contribution in [0, 0.1) is 5.82 Å². The molecule has 1 saturated heterocycles. The summed E-state index contributed by atoms with van der Waals surface area (Å²) in [4.78, 5) is 33.8. The van der Waals surface area contributed by atoms with Gasteiger partial charge in [0.15, 0.2) is 11.5 Å². The monoisotopic (exact) mass is 512 g/mol. The number of carbonyl (C=O) groups is 2. The zero-order valence-electron chi connectivity index (χ0n) is 17.6. The first kappa shape index (κ1) is 22.8. The fourth-order valence-electron chi connectivity index (χ4n) is 3.49. The Hall–Kier alpha value is -3.37. The lowest BCUT2D eigenvalue weighted by Crippen LogP contribution is -2.37. The normalized spacial score (nSPS) is 15.3. The van der Waals surface area contributed by atoms with E-state index in [2.05, 4.69) is 41.8 Å². The summed E-state index contributed by atoms with van der Waals surface area (Å²) in [6, 6.07) is 11.4. The second-order valence-electron chi connectivity index (χ2n) is 7.66. The molecule has 2 amide bonds. The summed E-state index contributed by atoms with van der Waals surface area (Å²) >= 11 is 3.14. The van der Waals surface area contributed by atoms with Crippen LogP contribution in [0.4, 0.5) is 10.2 Å². The van der Waals surface area contributed by atoms with Gasteiger partial charge in [-0.05, 0) is 58.7 Å². The molecule has 3 aromatic rings. The van der Waals surface area contributed by atoms with Gasteiger partial charge in [0.1, 0.15) is 5.82 Å². The third kappa shape index (κ3) is 5.52. The number of rotatable bonds is 6. The largest absolute Gasteiger partial charge is 0.382 e. The van der Waals surface area contributed by atoms with Gasteiger partial charge in [0.2, 0.25) is 0 Å². The smallest absolute Gasteiger partial charge is 0.274 e. The Labute approximate surface area is 198 Å². The zero-order chi connectivity index (χ0) is 23.4. The highest BCUT2D eigenvalue weighted by Gasteiger charge is 2.21. The summed E-state index contributed by atoms with van der Waals surface area (Å²) in [6.45, 7) is 1.79. The SMILES string of the molecule is Nc1ncc(-c2cccc(C(=O)NCc3ccc(F)c(Br)c3)c2)nc1C(=O)NC1CCNC1. The van der Waals surface area contributed by atoms with E-state index in [9.17, 15) is 14.0 Å². The lowest BCUT2D eigenvalue weighted by Gasteiger charge is -2.12. The number of hydrogen-bond acceptors (Lipinski definition) is 6. The molecule has 1 aliphatic rings. The summed E-state index contributed by atoms with van der Waals surface area (Å²) in [6.07, 6.45) is 2.31. The lowest BCUT2D eigenvalue weighted by atomic mass is 10.1. The first-order valence-electron chi connectivity index (χ1n) is 10.4. The molecule has 5 N–H and O–H groups in total. The minimum absolute atomic E-state index is 0.0242. The van der Waals surface area contributed by atoms with Crippen molar-refractivity contribution in [3.63, 3.8) is 0 Å². The maximum Gasteiger partial charge on any atom is 0.274 e. The van der Waals surface area contributed by atoms with Crippen LogP contribution in [0.15, 0.2) is 53.1 Å². The molecule has 33 heavy (non-hydrogen) atoms. The molecule has 170 valence electrons. The van der Waals surface area contributed by atoms with Crippen LogP contribution < -0.4 is 21.7 Å². The van der Waals surface area contributed by atoms with E-state index in [1.54, 1.807) is 36.4 Å².